The summed E-state index contributed by atoms with van der Waals surface area (Å²) in [6.07, 6.45) is 3.52. The third kappa shape index (κ3) is 8.46. The first kappa shape index (κ1) is 33.2. The molecule has 45 heavy (non-hydrogen) atoms. The molecular weight excluding hydrogens is 570 g/mol. The number of hydrogen-bond acceptors (Lipinski definition) is 8. The van der Waals surface area contributed by atoms with Crippen molar-refractivity contribution in [2.75, 3.05) is 19.0 Å². The molecular formula is C34H43N7O4. The molecule has 0 unspecified atom stereocenters. The van der Waals surface area contributed by atoms with E-state index in [1.807, 2.05) is 37.3 Å². The van der Waals surface area contributed by atoms with Gasteiger partial charge in [-0.2, -0.15) is 0 Å². The van der Waals surface area contributed by atoms with Crippen molar-refractivity contribution < 1.29 is 19.1 Å². The van der Waals surface area contributed by atoms with Crippen molar-refractivity contribution in [3.8, 4) is 16.9 Å². The minimum atomic E-state index is -0.847. The molecule has 0 bridgehead atoms. The molecule has 11 nitrogen and oxygen atoms in total. The second kappa shape index (κ2) is 15.3. The van der Waals surface area contributed by atoms with Crippen LogP contribution >= 0.6 is 0 Å². The van der Waals surface area contributed by atoms with E-state index in [0.717, 1.165) is 47.9 Å². The molecule has 2 amide bonds. The summed E-state index contributed by atoms with van der Waals surface area (Å²) in [7, 11) is 1.60. The minimum absolute atomic E-state index is 0.00900. The number of ether oxygens (including phenoxy) is 1. The van der Waals surface area contributed by atoms with Gasteiger partial charge >= 0.3 is 0 Å². The summed E-state index contributed by atoms with van der Waals surface area (Å²) in [5.74, 6) is 5.84. The Hall–Kier alpha value is -4.74. The lowest BCUT2D eigenvalue weighted by Gasteiger charge is -2.28. The Labute approximate surface area is 263 Å². The molecule has 0 aromatic heterocycles. The number of amidine groups is 1. The van der Waals surface area contributed by atoms with Crippen molar-refractivity contribution in [3.63, 3.8) is 0 Å². The highest BCUT2D eigenvalue weighted by molar-refractivity contribution is 6.00. The Kier molecular flexibility index (Phi) is 11.3. The van der Waals surface area contributed by atoms with Crippen molar-refractivity contribution in [3.05, 3.63) is 82.9 Å². The average Bonchev–Trinajstić information content (AvgIpc) is 3.04. The molecule has 1 aliphatic carbocycles. The maximum atomic E-state index is 13.7. The van der Waals surface area contributed by atoms with Crippen LogP contribution in [-0.2, 0) is 16.0 Å². The smallest absolute Gasteiger partial charge is 0.247 e. The fourth-order valence-corrected chi connectivity index (χ4v) is 5.76. The molecule has 3 aromatic carbocycles. The molecule has 0 spiro atoms. The first-order chi connectivity index (χ1) is 21.6. The molecule has 0 saturated heterocycles. The maximum Gasteiger partial charge on any atom is 0.247 e. The van der Waals surface area contributed by atoms with Crippen molar-refractivity contribution >= 4 is 29.1 Å². The Balaban J connectivity index is 1.61. The summed E-state index contributed by atoms with van der Waals surface area (Å²) >= 11 is 0. The SMILES string of the molecule is COc1ccc(C[C@H](NC(=O)C2CCC(CN)CC2)C(=O)Nc2ccc(/C(N)=N/NN)cc2)cc1-c1ccc(C(C)=O)cc1C. The van der Waals surface area contributed by atoms with E-state index in [0.29, 0.717) is 35.0 Å². The number of nitrogens with zero attached hydrogens (tertiary/aromatic N) is 1. The Bertz CT molecular complexity index is 1550. The number of nitrogens with two attached hydrogens (primary N) is 3. The number of methoxy groups -OCH3 is 1. The molecule has 1 fully saturated rings. The van der Waals surface area contributed by atoms with Gasteiger partial charge in [0.05, 0.1) is 7.11 Å². The summed E-state index contributed by atoms with van der Waals surface area (Å²) in [6.45, 7) is 4.10. The van der Waals surface area contributed by atoms with Gasteiger partial charge in [-0.15, -0.1) is 5.10 Å². The van der Waals surface area contributed by atoms with Crippen LogP contribution in [0, 0.1) is 18.8 Å². The summed E-state index contributed by atoms with van der Waals surface area (Å²) in [5.41, 5.74) is 19.2. The van der Waals surface area contributed by atoms with Crippen LogP contribution in [0.2, 0.25) is 0 Å². The van der Waals surface area contributed by atoms with E-state index in [1.165, 1.54) is 6.92 Å². The van der Waals surface area contributed by atoms with Crippen molar-refractivity contribution in [2.24, 2.45) is 34.2 Å². The van der Waals surface area contributed by atoms with Crippen LogP contribution in [0.4, 0.5) is 5.69 Å². The van der Waals surface area contributed by atoms with E-state index in [1.54, 1.807) is 37.4 Å². The molecule has 0 heterocycles. The molecule has 1 aliphatic rings. The van der Waals surface area contributed by atoms with Gasteiger partial charge in [0.15, 0.2) is 11.6 Å². The minimum Gasteiger partial charge on any atom is -0.496 e. The molecule has 1 saturated carbocycles. The zero-order chi connectivity index (χ0) is 32.5. The quantitative estimate of drug-likeness (QED) is 0.0590. The highest BCUT2D eigenvalue weighted by Crippen LogP contribution is 2.34. The lowest BCUT2D eigenvalue weighted by molar-refractivity contribution is -0.130. The van der Waals surface area contributed by atoms with E-state index in [-0.39, 0.29) is 35.8 Å². The van der Waals surface area contributed by atoms with E-state index in [9.17, 15) is 14.4 Å². The maximum absolute atomic E-state index is 13.7. The van der Waals surface area contributed by atoms with Crippen LogP contribution < -0.4 is 38.2 Å². The van der Waals surface area contributed by atoms with Gasteiger partial charge in [0.2, 0.25) is 11.8 Å². The first-order valence-electron chi connectivity index (χ1n) is 15.1. The predicted molar refractivity (Wildman–Crippen MR) is 176 cm³/mol. The lowest BCUT2D eigenvalue weighted by Crippen LogP contribution is -2.48. The number of Topliss-reactive ketones (excluding diaryl/α,β-unsaturated/α-hetero) is 1. The second-order valence-corrected chi connectivity index (χ2v) is 11.5. The van der Waals surface area contributed by atoms with Crippen LogP contribution in [0.1, 0.15) is 59.7 Å². The van der Waals surface area contributed by atoms with E-state index in [4.69, 9.17) is 22.0 Å². The standard InChI is InChI=1S/C34H43N7O4/c1-20-16-26(21(2)42)11-14-28(20)29-17-23(6-15-31(29)45-3)18-30(39-33(43)25-7-4-22(19-35)5-8-25)34(44)38-27-12-9-24(10-13-27)32(36)40-41-37/h6,9-17,22,25,30,41H,4-5,7-8,18-19,35,37H2,1-3H3,(H2,36,40)(H,38,44)(H,39,43)/t22?,25?,30-/m0/s1. The van der Waals surface area contributed by atoms with Crippen LogP contribution in [0.3, 0.4) is 0 Å². The zero-order valence-corrected chi connectivity index (χ0v) is 26.1. The zero-order valence-electron chi connectivity index (χ0n) is 26.1. The molecule has 238 valence electrons. The van der Waals surface area contributed by atoms with Gasteiger partial charge in [-0.05, 0) is 111 Å². The largest absolute Gasteiger partial charge is 0.496 e. The van der Waals surface area contributed by atoms with Crippen molar-refractivity contribution in [2.45, 2.75) is 52.0 Å². The molecule has 11 heteroatoms. The van der Waals surface area contributed by atoms with E-state index < -0.39 is 6.04 Å². The monoisotopic (exact) mass is 613 g/mol. The number of ketones is 1. The fraction of sp³-hybridized carbons (Fsp3) is 0.353. The Morgan fingerprint density at radius 1 is 0.956 bits per heavy atom. The number of carbonyl (C=O) groups is 3. The summed E-state index contributed by atoms with van der Waals surface area (Å²) < 4.78 is 5.67. The van der Waals surface area contributed by atoms with Gasteiger partial charge < -0.3 is 26.8 Å². The average molecular weight is 614 g/mol. The number of anilines is 1. The Morgan fingerprint density at radius 2 is 1.64 bits per heavy atom. The van der Waals surface area contributed by atoms with Crippen molar-refractivity contribution in [1.82, 2.24) is 10.9 Å². The predicted octanol–water partition coefficient (Wildman–Crippen LogP) is 3.39. The highest BCUT2D eigenvalue weighted by atomic mass is 16.5. The van der Waals surface area contributed by atoms with Crippen LogP contribution in [0.25, 0.3) is 11.1 Å². The van der Waals surface area contributed by atoms with Crippen LogP contribution in [0.15, 0.2) is 65.8 Å². The summed E-state index contributed by atoms with van der Waals surface area (Å²) in [4.78, 5) is 39.1. The van der Waals surface area contributed by atoms with E-state index in [2.05, 4.69) is 21.3 Å². The number of rotatable bonds is 12. The van der Waals surface area contributed by atoms with Gasteiger partial charge in [-0.3, -0.25) is 14.4 Å². The van der Waals surface area contributed by atoms with Crippen LogP contribution in [-0.4, -0.2) is 43.1 Å². The summed E-state index contributed by atoms with van der Waals surface area (Å²) in [6, 6.07) is 17.3. The van der Waals surface area contributed by atoms with Gasteiger partial charge in [0.1, 0.15) is 11.8 Å². The molecule has 9 N–H and O–H groups in total. The van der Waals surface area contributed by atoms with Gasteiger partial charge in [0.25, 0.3) is 0 Å². The number of hydrazone groups is 1. The molecule has 1 atom stereocenters. The fourth-order valence-electron chi connectivity index (χ4n) is 5.76. The number of amides is 2. The normalized spacial score (nSPS) is 17.2. The van der Waals surface area contributed by atoms with Gasteiger partial charge in [-0.1, -0.05) is 18.2 Å². The topological polar surface area (TPSA) is 187 Å². The number of carbonyl (C=O) groups excluding carboxylic acids is 3. The van der Waals surface area contributed by atoms with Gasteiger partial charge in [-0.25, -0.2) is 11.4 Å². The number of aryl methyl sites for hydroxylation is 1. The third-order valence-corrected chi connectivity index (χ3v) is 8.44. The molecule has 0 radical (unpaired) electrons. The molecule has 3 aromatic rings. The van der Waals surface area contributed by atoms with Crippen molar-refractivity contribution in [1.29, 1.82) is 0 Å². The highest BCUT2D eigenvalue weighted by Gasteiger charge is 2.29. The van der Waals surface area contributed by atoms with Gasteiger partial charge in [0, 0.05) is 34.7 Å². The van der Waals surface area contributed by atoms with Crippen LogP contribution in [0.5, 0.6) is 5.75 Å². The lowest BCUT2D eigenvalue weighted by atomic mass is 9.81. The Morgan fingerprint density at radius 3 is 2.24 bits per heavy atom. The summed E-state index contributed by atoms with van der Waals surface area (Å²) in [5, 5.41) is 9.74. The third-order valence-electron chi connectivity index (χ3n) is 8.44. The molecule has 4 rings (SSSR count). The molecule has 0 aliphatic heterocycles. The first-order valence-corrected chi connectivity index (χ1v) is 15.1. The number of nitrogens with one attached hydrogen (secondary N) is 3. The number of hydrazine groups is 1. The van der Waals surface area contributed by atoms with E-state index >= 15 is 0 Å². The number of benzene rings is 3. The second-order valence-electron chi connectivity index (χ2n) is 11.5. The number of hydrogen-bond donors (Lipinski definition) is 6.